The zero-order chi connectivity index (χ0) is 10.3. The first kappa shape index (κ1) is 9.27. The number of benzene rings is 1. The van der Waals surface area contributed by atoms with Crippen LogP contribution in [0.25, 0.3) is 11.0 Å². The van der Waals surface area contributed by atoms with Crippen LogP contribution in [-0.4, -0.2) is 23.8 Å². The van der Waals surface area contributed by atoms with E-state index in [1.54, 1.807) is 0 Å². The topological polar surface area (TPSA) is 24.0 Å². The van der Waals surface area contributed by atoms with Gasteiger partial charge in [-0.25, -0.2) is 4.68 Å². The molecule has 0 atom stereocenters. The molecule has 0 radical (unpaired) electrons. The molecule has 74 valence electrons. The molecular weight excluding hydrogens is 194 g/mol. The van der Waals surface area contributed by atoms with Crippen LogP contribution in [-0.2, 0) is 0 Å². The van der Waals surface area contributed by atoms with Crippen LogP contribution in [0, 0.1) is 11.7 Å². The maximum atomic E-state index is 5.25. The fourth-order valence-electron chi connectivity index (χ4n) is 1.69. The Morgan fingerprint density at radius 2 is 2.07 bits per heavy atom. The number of nitrogens with one attached hydrogen (secondary N) is 1. The molecule has 3 nitrogen and oxygen atoms in total. The highest BCUT2D eigenvalue weighted by atomic mass is 32.1. The number of rotatable bonds is 1. The minimum atomic E-state index is 0.735. The molecule has 0 amide bonds. The fraction of sp³-hybridized carbons (Fsp3) is 0.300. The third-order valence-electron chi connectivity index (χ3n) is 2.28. The van der Waals surface area contributed by atoms with Gasteiger partial charge in [0.2, 0.25) is 0 Å². The van der Waals surface area contributed by atoms with Crippen molar-refractivity contribution in [2.75, 3.05) is 19.1 Å². The molecule has 1 aromatic heterocycles. The molecule has 1 N–H and O–H groups in total. The number of imidazole rings is 1. The second-order valence-corrected chi connectivity index (χ2v) is 3.95. The van der Waals surface area contributed by atoms with Gasteiger partial charge in [0.25, 0.3) is 0 Å². The highest BCUT2D eigenvalue weighted by molar-refractivity contribution is 7.71. The van der Waals surface area contributed by atoms with Gasteiger partial charge in [-0.3, -0.25) is 0 Å². The third kappa shape index (κ3) is 1.23. The maximum absolute atomic E-state index is 5.25. The summed E-state index contributed by atoms with van der Waals surface area (Å²) in [6.07, 6.45) is 0. The molecule has 1 aromatic carbocycles. The Hall–Kier alpha value is -1.29. The van der Waals surface area contributed by atoms with Gasteiger partial charge in [0.05, 0.1) is 11.0 Å². The van der Waals surface area contributed by atoms with Crippen molar-refractivity contribution >= 4 is 23.3 Å². The Kier molecular flexibility index (Phi) is 2.07. The molecule has 0 saturated heterocycles. The van der Waals surface area contributed by atoms with Gasteiger partial charge in [0.15, 0.2) is 4.77 Å². The van der Waals surface area contributed by atoms with Crippen molar-refractivity contribution in [1.29, 1.82) is 0 Å². The van der Waals surface area contributed by atoms with Gasteiger partial charge in [-0.05, 0) is 30.8 Å². The molecule has 0 spiro atoms. The molecule has 2 aromatic rings. The van der Waals surface area contributed by atoms with Gasteiger partial charge in [-0.15, -0.1) is 0 Å². The van der Waals surface area contributed by atoms with Crippen molar-refractivity contribution in [1.82, 2.24) is 9.66 Å². The van der Waals surface area contributed by atoms with Crippen LogP contribution >= 0.6 is 12.2 Å². The van der Waals surface area contributed by atoms with Crippen molar-refractivity contribution in [2.45, 2.75) is 6.92 Å². The summed E-state index contributed by atoms with van der Waals surface area (Å²) in [5, 5.41) is 1.98. The lowest BCUT2D eigenvalue weighted by Gasteiger charge is -2.15. The van der Waals surface area contributed by atoms with Crippen LogP contribution in [0.1, 0.15) is 5.56 Å². The Bertz CT molecular complexity index is 522. The summed E-state index contributed by atoms with van der Waals surface area (Å²) in [6, 6.07) is 6.16. The van der Waals surface area contributed by atoms with E-state index in [1.807, 2.05) is 35.9 Å². The van der Waals surface area contributed by atoms with Crippen molar-refractivity contribution < 1.29 is 0 Å². The Balaban J connectivity index is 2.94. The molecule has 2 rings (SSSR count). The van der Waals surface area contributed by atoms with Crippen molar-refractivity contribution in [2.24, 2.45) is 0 Å². The molecule has 1 heterocycles. The predicted octanol–water partition coefficient (Wildman–Crippen LogP) is 2.20. The predicted molar refractivity (Wildman–Crippen MR) is 61.9 cm³/mol. The molecule has 0 aliphatic heterocycles. The van der Waals surface area contributed by atoms with Crippen LogP contribution in [0.2, 0.25) is 0 Å². The van der Waals surface area contributed by atoms with E-state index in [9.17, 15) is 0 Å². The van der Waals surface area contributed by atoms with Gasteiger partial charge >= 0.3 is 0 Å². The summed E-state index contributed by atoms with van der Waals surface area (Å²) in [5.41, 5.74) is 3.47. The molecule has 0 aliphatic rings. The molecule has 4 heteroatoms. The number of H-pyrrole nitrogens is 1. The van der Waals surface area contributed by atoms with Gasteiger partial charge in [0.1, 0.15) is 0 Å². The first-order valence-electron chi connectivity index (χ1n) is 4.49. The highest BCUT2D eigenvalue weighted by Gasteiger charge is 2.07. The van der Waals surface area contributed by atoms with Crippen molar-refractivity contribution in [3.05, 3.63) is 28.5 Å². The molecule has 0 unspecified atom stereocenters. The van der Waals surface area contributed by atoms with Crippen LogP contribution < -0.4 is 5.01 Å². The number of aromatic amines is 1. The van der Waals surface area contributed by atoms with E-state index in [-0.39, 0.29) is 0 Å². The molecular formula is C10H13N3S. The number of hydrogen-bond acceptors (Lipinski definition) is 2. The summed E-state index contributed by atoms with van der Waals surface area (Å²) < 4.78 is 2.74. The van der Waals surface area contributed by atoms with Crippen LogP contribution in [0.4, 0.5) is 0 Å². The Morgan fingerprint density at radius 1 is 1.36 bits per heavy atom. The normalized spacial score (nSPS) is 10.8. The summed E-state index contributed by atoms with van der Waals surface area (Å²) in [4.78, 5) is 3.19. The van der Waals surface area contributed by atoms with E-state index in [0.717, 1.165) is 15.8 Å². The van der Waals surface area contributed by atoms with E-state index >= 15 is 0 Å². The van der Waals surface area contributed by atoms with Crippen LogP contribution in [0.5, 0.6) is 0 Å². The fourth-order valence-corrected chi connectivity index (χ4v) is 2.06. The smallest absolute Gasteiger partial charge is 0.197 e. The average Bonchev–Trinajstić information content (AvgIpc) is 2.42. The zero-order valence-corrected chi connectivity index (χ0v) is 9.35. The first-order chi connectivity index (χ1) is 6.61. The minimum absolute atomic E-state index is 0.735. The van der Waals surface area contributed by atoms with Crippen LogP contribution in [0.3, 0.4) is 0 Å². The highest BCUT2D eigenvalue weighted by Crippen LogP contribution is 2.17. The summed E-state index contributed by atoms with van der Waals surface area (Å²) in [6.45, 7) is 2.09. The lowest BCUT2D eigenvalue weighted by atomic mass is 10.2. The van der Waals surface area contributed by atoms with E-state index in [4.69, 9.17) is 12.2 Å². The second kappa shape index (κ2) is 3.13. The molecule has 0 aliphatic carbocycles. The maximum Gasteiger partial charge on any atom is 0.197 e. The molecule has 0 bridgehead atoms. The van der Waals surface area contributed by atoms with E-state index in [1.165, 1.54) is 5.56 Å². The van der Waals surface area contributed by atoms with Crippen LogP contribution in [0.15, 0.2) is 18.2 Å². The largest absolute Gasteiger partial charge is 0.329 e. The lowest BCUT2D eigenvalue weighted by molar-refractivity contribution is 0.740. The van der Waals surface area contributed by atoms with E-state index < -0.39 is 0 Å². The number of hydrogen-bond donors (Lipinski definition) is 1. The number of fused-ring (bicyclic) bond motifs is 1. The molecule has 0 fully saturated rings. The van der Waals surface area contributed by atoms with Gasteiger partial charge < -0.3 is 9.99 Å². The monoisotopic (exact) mass is 207 g/mol. The van der Waals surface area contributed by atoms with E-state index in [0.29, 0.717) is 0 Å². The number of para-hydroxylation sites is 1. The van der Waals surface area contributed by atoms with Gasteiger partial charge in [0, 0.05) is 14.1 Å². The summed E-state index contributed by atoms with van der Waals surface area (Å²) >= 11 is 5.25. The van der Waals surface area contributed by atoms with Crippen molar-refractivity contribution in [3.8, 4) is 0 Å². The SMILES string of the molecule is Cc1cccc2[nH]c(=S)n(N(C)C)c12. The van der Waals surface area contributed by atoms with Crippen molar-refractivity contribution in [3.63, 3.8) is 0 Å². The first-order valence-corrected chi connectivity index (χ1v) is 4.90. The van der Waals surface area contributed by atoms with Gasteiger partial charge in [-0.2, -0.15) is 0 Å². The Morgan fingerprint density at radius 3 is 2.71 bits per heavy atom. The minimum Gasteiger partial charge on any atom is -0.329 e. The number of aromatic nitrogens is 2. The third-order valence-corrected chi connectivity index (χ3v) is 2.56. The van der Waals surface area contributed by atoms with E-state index in [2.05, 4.69) is 18.0 Å². The second-order valence-electron chi connectivity index (χ2n) is 3.56. The number of nitrogens with zero attached hydrogens (tertiary/aromatic N) is 2. The summed E-state index contributed by atoms with van der Waals surface area (Å²) in [5.74, 6) is 0. The average molecular weight is 207 g/mol. The zero-order valence-electron chi connectivity index (χ0n) is 8.53. The molecule has 0 saturated carbocycles. The standard InChI is InChI=1S/C10H13N3S/c1-7-5-4-6-8-9(7)13(12(2)3)10(14)11-8/h4-6H,1-3H3,(H,11,14). The van der Waals surface area contributed by atoms with Gasteiger partial charge in [-0.1, -0.05) is 12.1 Å². The summed E-state index contributed by atoms with van der Waals surface area (Å²) in [7, 11) is 3.96. The Labute approximate surface area is 87.9 Å². The quantitative estimate of drug-likeness (QED) is 0.725. The lowest BCUT2D eigenvalue weighted by Crippen LogP contribution is -2.24. The molecule has 14 heavy (non-hydrogen) atoms. The number of aryl methyl sites for hydroxylation is 1.